The van der Waals surface area contributed by atoms with Crippen LogP contribution in [0.5, 0.6) is 0 Å². The number of nitrogens with one attached hydrogen (secondary N) is 1. The van der Waals surface area contributed by atoms with Crippen LogP contribution >= 0.6 is 0 Å². The van der Waals surface area contributed by atoms with E-state index >= 15 is 0 Å². The molecule has 0 radical (unpaired) electrons. The standard InChI is InChI=1S/C16H19N3O2/c1-4-7-17-11(3)15-18-19-16(21-15)14-9-12-8-10(2)5-6-13(12)20-14/h5-6,8-9,11,17H,4,7H2,1-3H3. The molecule has 0 spiro atoms. The van der Waals surface area contributed by atoms with E-state index in [0.29, 0.717) is 17.5 Å². The number of rotatable bonds is 5. The normalized spacial score (nSPS) is 12.9. The molecule has 0 saturated heterocycles. The van der Waals surface area contributed by atoms with Crippen molar-refractivity contribution in [3.05, 3.63) is 35.7 Å². The molecule has 0 fully saturated rings. The maximum atomic E-state index is 5.77. The number of hydrogen-bond acceptors (Lipinski definition) is 5. The van der Waals surface area contributed by atoms with Gasteiger partial charge in [0.25, 0.3) is 5.89 Å². The van der Waals surface area contributed by atoms with Crippen molar-refractivity contribution in [1.82, 2.24) is 15.5 Å². The van der Waals surface area contributed by atoms with Gasteiger partial charge in [0, 0.05) is 5.39 Å². The molecule has 0 aliphatic rings. The maximum Gasteiger partial charge on any atom is 0.283 e. The Morgan fingerprint density at radius 2 is 2.05 bits per heavy atom. The van der Waals surface area contributed by atoms with E-state index < -0.39 is 0 Å². The number of furan rings is 1. The third kappa shape index (κ3) is 2.83. The van der Waals surface area contributed by atoms with Gasteiger partial charge in [-0.15, -0.1) is 10.2 Å². The first-order chi connectivity index (χ1) is 10.2. The van der Waals surface area contributed by atoms with Crippen molar-refractivity contribution in [2.45, 2.75) is 33.2 Å². The van der Waals surface area contributed by atoms with E-state index in [9.17, 15) is 0 Å². The molecule has 1 atom stereocenters. The average molecular weight is 285 g/mol. The van der Waals surface area contributed by atoms with Crippen LogP contribution < -0.4 is 5.32 Å². The molecule has 2 heterocycles. The Hall–Kier alpha value is -2.14. The number of aryl methyl sites for hydroxylation is 1. The number of hydrogen-bond donors (Lipinski definition) is 1. The molecular formula is C16H19N3O2. The van der Waals surface area contributed by atoms with Gasteiger partial charge >= 0.3 is 0 Å². The van der Waals surface area contributed by atoms with Crippen LogP contribution in [0.3, 0.4) is 0 Å². The second kappa shape index (κ2) is 5.69. The minimum atomic E-state index is 0.0397. The number of aromatic nitrogens is 2. The summed E-state index contributed by atoms with van der Waals surface area (Å²) in [6.07, 6.45) is 1.06. The molecule has 110 valence electrons. The van der Waals surface area contributed by atoms with E-state index in [2.05, 4.69) is 35.4 Å². The lowest BCUT2D eigenvalue weighted by atomic mass is 10.2. The second-order valence-electron chi connectivity index (χ2n) is 5.27. The van der Waals surface area contributed by atoms with Crippen molar-refractivity contribution in [3.8, 4) is 11.7 Å². The van der Waals surface area contributed by atoms with Crippen LogP contribution in [0.15, 0.2) is 33.1 Å². The van der Waals surface area contributed by atoms with Crippen LogP contribution in [-0.4, -0.2) is 16.7 Å². The van der Waals surface area contributed by atoms with Gasteiger partial charge < -0.3 is 14.2 Å². The van der Waals surface area contributed by atoms with Crippen molar-refractivity contribution in [2.24, 2.45) is 0 Å². The summed E-state index contributed by atoms with van der Waals surface area (Å²) < 4.78 is 11.5. The molecule has 0 aliphatic carbocycles. The van der Waals surface area contributed by atoms with E-state index in [1.165, 1.54) is 5.56 Å². The van der Waals surface area contributed by atoms with Crippen LogP contribution in [0.25, 0.3) is 22.6 Å². The topological polar surface area (TPSA) is 64.1 Å². The van der Waals surface area contributed by atoms with Crippen LogP contribution in [0.2, 0.25) is 0 Å². The Bertz CT molecular complexity index is 745. The zero-order chi connectivity index (χ0) is 14.8. The smallest absolute Gasteiger partial charge is 0.283 e. The molecule has 2 aromatic heterocycles. The predicted octanol–water partition coefficient (Wildman–Crippen LogP) is 3.85. The Balaban J connectivity index is 1.87. The summed E-state index contributed by atoms with van der Waals surface area (Å²) in [5, 5.41) is 12.5. The highest BCUT2D eigenvalue weighted by Gasteiger charge is 2.17. The number of benzene rings is 1. The highest BCUT2D eigenvalue weighted by atomic mass is 16.4. The third-order valence-electron chi connectivity index (χ3n) is 3.39. The van der Waals surface area contributed by atoms with Gasteiger partial charge in [-0.3, -0.25) is 0 Å². The molecule has 0 bridgehead atoms. The lowest BCUT2D eigenvalue weighted by Gasteiger charge is -2.07. The Morgan fingerprint density at radius 3 is 2.86 bits per heavy atom. The first kappa shape index (κ1) is 13.8. The van der Waals surface area contributed by atoms with E-state index in [4.69, 9.17) is 8.83 Å². The van der Waals surface area contributed by atoms with Crippen molar-refractivity contribution in [2.75, 3.05) is 6.54 Å². The molecule has 3 rings (SSSR count). The number of nitrogens with zero attached hydrogens (tertiary/aromatic N) is 2. The van der Waals surface area contributed by atoms with Crippen LogP contribution in [-0.2, 0) is 0 Å². The lowest BCUT2D eigenvalue weighted by molar-refractivity contribution is 0.417. The summed E-state index contributed by atoms with van der Waals surface area (Å²) in [6, 6.07) is 8.02. The maximum absolute atomic E-state index is 5.77. The Labute approximate surface area is 123 Å². The fourth-order valence-corrected chi connectivity index (χ4v) is 2.23. The van der Waals surface area contributed by atoms with Gasteiger partial charge in [0.1, 0.15) is 5.58 Å². The molecule has 3 aromatic rings. The highest BCUT2D eigenvalue weighted by Crippen LogP contribution is 2.28. The van der Waals surface area contributed by atoms with Crippen molar-refractivity contribution in [3.63, 3.8) is 0 Å². The molecule has 1 unspecified atom stereocenters. The molecule has 5 heteroatoms. The van der Waals surface area contributed by atoms with E-state index in [0.717, 1.165) is 23.9 Å². The molecular weight excluding hydrogens is 266 g/mol. The average Bonchev–Trinajstić information content (AvgIpc) is 3.10. The predicted molar refractivity (Wildman–Crippen MR) is 81.0 cm³/mol. The summed E-state index contributed by atoms with van der Waals surface area (Å²) in [5.41, 5.74) is 2.02. The van der Waals surface area contributed by atoms with Gasteiger partial charge in [0.15, 0.2) is 5.76 Å². The zero-order valence-corrected chi connectivity index (χ0v) is 12.5. The minimum absolute atomic E-state index is 0.0397. The van der Waals surface area contributed by atoms with Gasteiger partial charge in [-0.05, 0) is 45.0 Å². The fraction of sp³-hybridized carbons (Fsp3) is 0.375. The van der Waals surface area contributed by atoms with Crippen LogP contribution in [0.1, 0.15) is 37.8 Å². The van der Waals surface area contributed by atoms with Crippen LogP contribution in [0, 0.1) is 6.92 Å². The third-order valence-corrected chi connectivity index (χ3v) is 3.39. The molecule has 5 nitrogen and oxygen atoms in total. The van der Waals surface area contributed by atoms with E-state index in [1.807, 2.05) is 25.1 Å². The Morgan fingerprint density at radius 1 is 1.19 bits per heavy atom. The minimum Gasteiger partial charge on any atom is -0.451 e. The van der Waals surface area contributed by atoms with Gasteiger partial charge in [0.05, 0.1) is 6.04 Å². The summed E-state index contributed by atoms with van der Waals surface area (Å²) in [6.45, 7) is 7.10. The zero-order valence-electron chi connectivity index (χ0n) is 12.5. The van der Waals surface area contributed by atoms with E-state index in [-0.39, 0.29) is 6.04 Å². The summed E-state index contributed by atoms with van der Waals surface area (Å²) in [5.74, 6) is 1.61. The summed E-state index contributed by atoms with van der Waals surface area (Å²) >= 11 is 0. The molecule has 21 heavy (non-hydrogen) atoms. The molecule has 1 N–H and O–H groups in total. The van der Waals surface area contributed by atoms with E-state index in [1.54, 1.807) is 0 Å². The first-order valence-electron chi connectivity index (χ1n) is 7.24. The van der Waals surface area contributed by atoms with Gasteiger partial charge in [0.2, 0.25) is 5.89 Å². The van der Waals surface area contributed by atoms with Gasteiger partial charge in [-0.25, -0.2) is 0 Å². The molecule has 0 amide bonds. The summed E-state index contributed by atoms with van der Waals surface area (Å²) in [7, 11) is 0. The van der Waals surface area contributed by atoms with Gasteiger partial charge in [-0.2, -0.15) is 0 Å². The van der Waals surface area contributed by atoms with Gasteiger partial charge in [-0.1, -0.05) is 18.6 Å². The second-order valence-corrected chi connectivity index (χ2v) is 5.27. The lowest BCUT2D eigenvalue weighted by Crippen LogP contribution is -2.19. The molecule has 0 aliphatic heterocycles. The van der Waals surface area contributed by atoms with Crippen molar-refractivity contribution < 1.29 is 8.83 Å². The molecule has 0 saturated carbocycles. The molecule has 1 aromatic carbocycles. The fourth-order valence-electron chi connectivity index (χ4n) is 2.23. The number of fused-ring (bicyclic) bond motifs is 1. The first-order valence-corrected chi connectivity index (χ1v) is 7.24. The largest absolute Gasteiger partial charge is 0.451 e. The SMILES string of the molecule is CCCNC(C)c1nnc(-c2cc3cc(C)ccc3o2)o1. The van der Waals surface area contributed by atoms with Crippen molar-refractivity contribution >= 4 is 11.0 Å². The monoisotopic (exact) mass is 285 g/mol. The Kier molecular flexibility index (Phi) is 3.75. The highest BCUT2D eigenvalue weighted by molar-refractivity contribution is 5.82. The van der Waals surface area contributed by atoms with Crippen LogP contribution in [0.4, 0.5) is 0 Å². The van der Waals surface area contributed by atoms with Crippen molar-refractivity contribution in [1.29, 1.82) is 0 Å². The summed E-state index contributed by atoms with van der Waals surface area (Å²) in [4.78, 5) is 0. The quantitative estimate of drug-likeness (QED) is 0.771.